The van der Waals surface area contributed by atoms with E-state index in [1.54, 1.807) is 14.0 Å². The summed E-state index contributed by atoms with van der Waals surface area (Å²) in [5, 5.41) is 18.9. The molecule has 148 valence electrons. The number of rotatable bonds is 3. The largest absolute Gasteiger partial charge is 0.388 e. The van der Waals surface area contributed by atoms with Crippen molar-refractivity contribution < 1.29 is 14.7 Å². The van der Waals surface area contributed by atoms with Crippen LogP contribution in [0.1, 0.15) is 45.4 Å². The summed E-state index contributed by atoms with van der Waals surface area (Å²) < 4.78 is 0. The molecule has 2 saturated heterocycles. The number of hydrogen-bond donors (Lipinski definition) is 4. The number of nitrogens with zero attached hydrogens (tertiary/aromatic N) is 2. The van der Waals surface area contributed by atoms with Crippen molar-refractivity contribution >= 4 is 41.9 Å². The molecule has 0 bridgehead atoms. The van der Waals surface area contributed by atoms with E-state index >= 15 is 0 Å². The Morgan fingerprint density at radius 3 is 2.42 bits per heavy atom. The Hall–Kier alpha value is -1.10. The van der Waals surface area contributed by atoms with Gasteiger partial charge >= 0.3 is 6.03 Å². The van der Waals surface area contributed by atoms with E-state index in [1.807, 2.05) is 0 Å². The maximum absolute atomic E-state index is 12.1. The molecule has 3 fully saturated rings. The van der Waals surface area contributed by atoms with Crippen LogP contribution in [0, 0.1) is 5.92 Å². The third kappa shape index (κ3) is 4.24. The van der Waals surface area contributed by atoms with Crippen molar-refractivity contribution in [2.45, 2.75) is 56.6 Å². The van der Waals surface area contributed by atoms with Gasteiger partial charge in [0.2, 0.25) is 0 Å². The lowest BCUT2D eigenvalue weighted by atomic mass is 9.79. The molecule has 1 aliphatic carbocycles. The van der Waals surface area contributed by atoms with Crippen LogP contribution < -0.4 is 16.0 Å². The van der Waals surface area contributed by atoms with Gasteiger partial charge in [-0.25, -0.2) is 4.79 Å². The van der Waals surface area contributed by atoms with Crippen LogP contribution in [-0.2, 0) is 4.79 Å². The van der Waals surface area contributed by atoms with Crippen LogP contribution in [0.25, 0.3) is 0 Å². The zero-order valence-electron chi connectivity index (χ0n) is 15.5. The molecule has 3 rings (SSSR count). The van der Waals surface area contributed by atoms with Crippen LogP contribution >= 0.6 is 24.0 Å². The number of guanidine groups is 1. The first-order chi connectivity index (χ1) is 11.9. The number of halogens is 1. The van der Waals surface area contributed by atoms with E-state index in [9.17, 15) is 14.7 Å². The first kappa shape index (κ1) is 21.2. The molecule has 26 heavy (non-hydrogen) atoms. The van der Waals surface area contributed by atoms with Gasteiger partial charge in [-0.2, -0.15) is 0 Å². The quantitative estimate of drug-likeness (QED) is 0.207. The molecule has 1 unspecified atom stereocenters. The maximum Gasteiger partial charge on any atom is 0.322 e. The third-order valence-corrected chi connectivity index (χ3v) is 6.00. The monoisotopic (exact) mass is 479 g/mol. The van der Waals surface area contributed by atoms with Crippen molar-refractivity contribution in [3.63, 3.8) is 0 Å². The first-order valence-electron chi connectivity index (χ1n) is 9.18. The summed E-state index contributed by atoms with van der Waals surface area (Å²) in [7, 11) is 1.75. The fraction of sp³-hybridized carbons (Fsp3) is 0.824. The van der Waals surface area contributed by atoms with Gasteiger partial charge in [0.25, 0.3) is 5.91 Å². The minimum absolute atomic E-state index is 0. The van der Waals surface area contributed by atoms with E-state index in [4.69, 9.17) is 0 Å². The predicted molar refractivity (Wildman–Crippen MR) is 110 cm³/mol. The summed E-state index contributed by atoms with van der Waals surface area (Å²) >= 11 is 0. The summed E-state index contributed by atoms with van der Waals surface area (Å²) in [6.07, 6.45) is 5.44. The van der Waals surface area contributed by atoms with Gasteiger partial charge in [0.15, 0.2) is 5.96 Å². The highest BCUT2D eigenvalue weighted by molar-refractivity contribution is 14.0. The Kier molecular flexibility index (Phi) is 6.75. The predicted octanol–water partition coefficient (Wildman–Crippen LogP) is 0.795. The third-order valence-electron chi connectivity index (χ3n) is 6.00. The number of likely N-dealkylation sites (tertiary alicyclic amines) is 1. The Morgan fingerprint density at radius 2 is 1.92 bits per heavy atom. The van der Waals surface area contributed by atoms with E-state index in [-0.39, 0.29) is 35.8 Å². The molecule has 0 radical (unpaired) electrons. The topological polar surface area (TPSA) is 106 Å². The zero-order chi connectivity index (χ0) is 18.1. The number of urea groups is 1. The summed E-state index contributed by atoms with van der Waals surface area (Å²) in [4.78, 5) is 30.1. The van der Waals surface area contributed by atoms with Crippen molar-refractivity contribution in [3.8, 4) is 0 Å². The minimum Gasteiger partial charge on any atom is -0.388 e. The van der Waals surface area contributed by atoms with Crippen molar-refractivity contribution in [1.82, 2.24) is 20.9 Å². The minimum atomic E-state index is -0.820. The second kappa shape index (κ2) is 8.28. The van der Waals surface area contributed by atoms with Gasteiger partial charge in [-0.3, -0.25) is 15.1 Å². The average Bonchev–Trinajstić information content (AvgIpc) is 3.13. The van der Waals surface area contributed by atoms with E-state index in [0.29, 0.717) is 6.54 Å². The molecule has 1 atom stereocenters. The van der Waals surface area contributed by atoms with Crippen molar-refractivity contribution in [1.29, 1.82) is 0 Å². The van der Waals surface area contributed by atoms with Gasteiger partial charge in [0.05, 0.1) is 5.60 Å². The Bertz CT molecular complexity index is 571. The highest BCUT2D eigenvalue weighted by Crippen LogP contribution is 2.31. The van der Waals surface area contributed by atoms with Crippen molar-refractivity contribution in [2.24, 2.45) is 10.9 Å². The fourth-order valence-corrected chi connectivity index (χ4v) is 4.30. The normalized spacial score (nSPS) is 29.2. The lowest BCUT2D eigenvalue weighted by Crippen LogP contribution is -2.56. The molecule has 2 aliphatic heterocycles. The number of piperidine rings is 1. The SMILES string of the molecule is CN=C(NCC1(O)CCCC1)N1CCC(C2(C)NC(=O)NC2=O)CC1.I. The van der Waals surface area contributed by atoms with Crippen LogP contribution in [0.2, 0.25) is 0 Å². The van der Waals surface area contributed by atoms with Crippen LogP contribution in [0.5, 0.6) is 0 Å². The fourth-order valence-electron chi connectivity index (χ4n) is 4.30. The summed E-state index contributed by atoms with van der Waals surface area (Å²) in [6.45, 7) is 3.86. The van der Waals surface area contributed by atoms with Crippen molar-refractivity contribution in [3.05, 3.63) is 0 Å². The maximum atomic E-state index is 12.1. The van der Waals surface area contributed by atoms with E-state index in [2.05, 4.69) is 25.8 Å². The molecule has 3 amide bonds. The van der Waals surface area contributed by atoms with Crippen LogP contribution in [0.15, 0.2) is 4.99 Å². The van der Waals surface area contributed by atoms with E-state index in [1.165, 1.54) is 0 Å². The van der Waals surface area contributed by atoms with Crippen LogP contribution in [0.4, 0.5) is 4.79 Å². The molecule has 1 saturated carbocycles. The number of imide groups is 1. The first-order valence-corrected chi connectivity index (χ1v) is 9.18. The van der Waals surface area contributed by atoms with Crippen molar-refractivity contribution in [2.75, 3.05) is 26.7 Å². The number of carbonyl (C=O) groups excluding carboxylic acids is 2. The summed E-state index contributed by atoms with van der Waals surface area (Å²) in [5.41, 5.74) is -1.44. The lowest BCUT2D eigenvalue weighted by molar-refractivity contribution is -0.125. The molecule has 0 spiro atoms. The van der Waals surface area contributed by atoms with Gasteiger partial charge < -0.3 is 20.6 Å². The van der Waals surface area contributed by atoms with Crippen LogP contribution in [0.3, 0.4) is 0 Å². The number of aliphatic imine (C=N–C) groups is 1. The molecule has 0 aromatic heterocycles. The molecular formula is C17H30IN5O3. The zero-order valence-corrected chi connectivity index (χ0v) is 17.8. The van der Waals surface area contributed by atoms with Gasteiger partial charge in [-0.05, 0) is 38.5 Å². The second-order valence-electron chi connectivity index (χ2n) is 7.70. The van der Waals surface area contributed by atoms with Gasteiger partial charge in [0, 0.05) is 26.7 Å². The molecule has 3 aliphatic rings. The molecule has 2 heterocycles. The van der Waals surface area contributed by atoms with E-state index in [0.717, 1.165) is 57.6 Å². The Labute approximate surface area is 171 Å². The Balaban J connectivity index is 0.00000243. The van der Waals surface area contributed by atoms with Gasteiger partial charge in [-0.1, -0.05) is 12.8 Å². The second-order valence-corrected chi connectivity index (χ2v) is 7.70. The molecule has 0 aromatic rings. The molecule has 9 heteroatoms. The standard InChI is InChI=1S/C17H29N5O3.HI/c1-16(13(23)20-15(24)21-16)12-5-9-22(10-6-12)14(18-2)19-11-17(25)7-3-4-8-17;/h12,25H,3-11H2,1-2H3,(H,18,19)(H2,20,21,23,24);1H. The lowest BCUT2D eigenvalue weighted by Gasteiger charge is -2.40. The molecule has 4 N–H and O–H groups in total. The van der Waals surface area contributed by atoms with Gasteiger partial charge in [-0.15, -0.1) is 24.0 Å². The number of carbonyl (C=O) groups is 2. The number of aliphatic hydroxyl groups is 1. The molecule has 8 nitrogen and oxygen atoms in total. The number of hydrogen-bond acceptors (Lipinski definition) is 4. The highest BCUT2D eigenvalue weighted by atomic mass is 127. The Morgan fingerprint density at radius 1 is 1.31 bits per heavy atom. The number of nitrogens with one attached hydrogen (secondary N) is 3. The summed E-state index contributed by atoms with van der Waals surface area (Å²) in [5.74, 6) is 0.665. The summed E-state index contributed by atoms with van der Waals surface area (Å²) in [6, 6.07) is -0.405. The molecular weight excluding hydrogens is 449 g/mol. The number of amides is 3. The smallest absolute Gasteiger partial charge is 0.322 e. The average molecular weight is 479 g/mol. The van der Waals surface area contributed by atoms with Gasteiger partial charge in [0.1, 0.15) is 5.54 Å². The van der Waals surface area contributed by atoms with Crippen LogP contribution in [-0.4, -0.2) is 65.7 Å². The molecule has 0 aromatic carbocycles. The highest BCUT2D eigenvalue weighted by Gasteiger charge is 2.48. The van der Waals surface area contributed by atoms with E-state index < -0.39 is 17.2 Å².